The number of azo groups is 2. The van der Waals surface area contributed by atoms with Gasteiger partial charge in [0.15, 0.2) is 46.3 Å². The summed E-state index contributed by atoms with van der Waals surface area (Å²) in [7, 11) is 0. The third-order valence-electron chi connectivity index (χ3n) is 11.2. The molecule has 10 N–H and O–H groups in total. The average molecular weight is 1030 g/mol. The van der Waals surface area contributed by atoms with Gasteiger partial charge in [-0.15, -0.1) is 10.2 Å². The van der Waals surface area contributed by atoms with Gasteiger partial charge in [0.05, 0.1) is 34.2 Å². The Balaban J connectivity index is 0.000000233. The number of benzene rings is 3. The van der Waals surface area contributed by atoms with Crippen LogP contribution in [0.15, 0.2) is 148 Å². The molecule has 0 amide bonds. The molecule has 21 heteroatoms. The second-order valence-corrected chi connectivity index (χ2v) is 21.7. The predicted molar refractivity (Wildman–Crippen MR) is 304 cm³/mol. The lowest BCUT2D eigenvalue weighted by Crippen LogP contribution is -2.14. The Morgan fingerprint density at radius 3 is 0.961 bits per heavy atom. The fraction of sp³-hybridized carbons (Fsp3) is 0.309. The first-order valence-corrected chi connectivity index (χ1v) is 24.2. The molecule has 0 aliphatic rings. The number of para-hydroxylation sites is 1. The Kier molecular flexibility index (Phi) is 16.7. The van der Waals surface area contributed by atoms with E-state index in [4.69, 9.17) is 38.9 Å². The largest absolute Gasteiger partial charge is 0.399 e. The fourth-order valence-corrected chi connectivity index (χ4v) is 7.09. The third-order valence-corrected chi connectivity index (χ3v) is 11.2. The smallest absolute Gasteiger partial charge is 0.161 e. The van der Waals surface area contributed by atoms with Gasteiger partial charge >= 0.3 is 0 Å². The van der Waals surface area contributed by atoms with Gasteiger partial charge in [-0.3, -0.25) is 0 Å². The van der Waals surface area contributed by atoms with Crippen molar-refractivity contribution in [3.05, 3.63) is 151 Å². The SMILES string of the molecule is C.CC(C)(C)c1cc(N)n(-c2cc(-n3nc(C(C)(C)C)cc3N)ncn2)n1.CC(C)(C)c1nn(-c2cc(-n3nc(C(C)(C)C)c(N=Nc4ccccc4)c3N)ncn2)c(N)c1N=Nc1ccccc1.Nc1ccccc1. The van der Waals surface area contributed by atoms with Gasteiger partial charge in [-0.1, -0.05) is 145 Å². The van der Waals surface area contributed by atoms with E-state index in [1.165, 1.54) is 22.0 Å². The lowest BCUT2D eigenvalue weighted by atomic mass is 9.91. The van der Waals surface area contributed by atoms with E-state index in [-0.39, 0.29) is 29.1 Å². The maximum Gasteiger partial charge on any atom is 0.161 e. The molecule has 0 fully saturated rings. The van der Waals surface area contributed by atoms with Crippen molar-refractivity contribution in [1.29, 1.82) is 0 Å². The summed E-state index contributed by atoms with van der Waals surface area (Å²) in [5.41, 5.74) is 36.2. The molecule has 0 unspecified atom stereocenters. The van der Waals surface area contributed by atoms with Crippen LogP contribution in [-0.2, 0) is 21.7 Å². The van der Waals surface area contributed by atoms with E-state index in [1.54, 1.807) is 21.5 Å². The number of anilines is 5. The summed E-state index contributed by atoms with van der Waals surface area (Å²) < 4.78 is 6.28. The van der Waals surface area contributed by atoms with Crippen LogP contribution in [-0.4, -0.2) is 59.1 Å². The van der Waals surface area contributed by atoms with E-state index in [0.29, 0.717) is 80.7 Å². The molecule has 0 bridgehead atoms. The highest BCUT2D eigenvalue weighted by Crippen LogP contribution is 2.40. The monoisotopic (exact) mass is 1030 g/mol. The number of nitrogens with two attached hydrogens (primary N) is 5. The molecule has 6 heterocycles. The van der Waals surface area contributed by atoms with Crippen LogP contribution in [0.5, 0.6) is 0 Å². The maximum atomic E-state index is 6.61. The minimum absolute atomic E-state index is 0. The van der Waals surface area contributed by atoms with Crippen molar-refractivity contribution in [1.82, 2.24) is 59.1 Å². The molecule has 0 radical (unpaired) electrons. The standard InChI is InChI=1S/C30H34N12.C18H26N8.C6H7N.CH4/c1-29(2,3)25-23(37-35-19-13-9-7-10-14-19)27(31)41(39-25)21-17-22(34-18-33-21)42-28(32)24(26(40-42)30(4,5)6)38-36-20-15-11-8-12-16-20;1-17(2,3)11-7-13(19)25(23-11)15-9-16(22-10-21-15)26-14(20)8-12(24-26)18(4,5)6;7-6-4-2-1-3-5-6;/h7-18H,31-32H2,1-6H3;7-10H,19-20H2,1-6H3;1-5H,7H2;1H4. The van der Waals surface area contributed by atoms with E-state index < -0.39 is 0 Å². The Hall–Kier alpha value is -9.14. The molecule has 3 aromatic carbocycles. The van der Waals surface area contributed by atoms with Gasteiger partial charge in [-0.2, -0.15) is 49.4 Å². The quantitative estimate of drug-likeness (QED) is 0.0699. The van der Waals surface area contributed by atoms with Crippen molar-refractivity contribution in [3.8, 4) is 23.3 Å². The van der Waals surface area contributed by atoms with Gasteiger partial charge < -0.3 is 28.7 Å². The number of rotatable bonds is 8. The first-order chi connectivity index (χ1) is 35.3. The summed E-state index contributed by atoms with van der Waals surface area (Å²) in [4.78, 5) is 17.5. The van der Waals surface area contributed by atoms with Gasteiger partial charge in [0, 0.05) is 51.6 Å². The van der Waals surface area contributed by atoms with Crippen molar-refractivity contribution >= 4 is 51.7 Å². The Labute approximate surface area is 444 Å². The molecule has 0 spiro atoms. The number of aromatic nitrogens is 12. The summed E-state index contributed by atoms with van der Waals surface area (Å²) in [6.45, 7) is 24.7. The Morgan fingerprint density at radius 2 is 0.684 bits per heavy atom. The van der Waals surface area contributed by atoms with Gasteiger partial charge in [-0.25, -0.2) is 19.9 Å². The molecule has 6 aromatic heterocycles. The van der Waals surface area contributed by atoms with Crippen LogP contribution >= 0.6 is 0 Å². The predicted octanol–water partition coefficient (Wildman–Crippen LogP) is 12.0. The minimum Gasteiger partial charge on any atom is -0.399 e. The molecule has 396 valence electrons. The second kappa shape index (κ2) is 22.5. The molecular weight excluding hydrogens is 955 g/mol. The molecule has 0 aliphatic heterocycles. The number of nitrogens with zero attached hydrogens (tertiary/aromatic N) is 16. The molecule has 0 aliphatic carbocycles. The lowest BCUT2D eigenvalue weighted by molar-refractivity contribution is 0.558. The van der Waals surface area contributed by atoms with Crippen LogP contribution in [0.1, 0.15) is 113 Å². The van der Waals surface area contributed by atoms with Gasteiger partial charge in [-0.05, 0) is 36.4 Å². The second-order valence-electron chi connectivity index (χ2n) is 21.7. The summed E-state index contributed by atoms with van der Waals surface area (Å²) in [5, 5.41) is 36.5. The van der Waals surface area contributed by atoms with Crippen LogP contribution in [0.4, 0.5) is 51.7 Å². The number of nitrogen functional groups attached to an aromatic ring is 5. The molecule has 0 saturated carbocycles. The summed E-state index contributed by atoms with van der Waals surface area (Å²) in [5.74, 6) is 3.60. The number of hydrogen-bond donors (Lipinski definition) is 5. The van der Waals surface area contributed by atoms with Crippen LogP contribution in [0.3, 0.4) is 0 Å². The van der Waals surface area contributed by atoms with Crippen LogP contribution in [0, 0.1) is 0 Å². The van der Waals surface area contributed by atoms with Gasteiger partial charge in [0.1, 0.15) is 24.3 Å². The Morgan fingerprint density at radius 1 is 0.368 bits per heavy atom. The van der Waals surface area contributed by atoms with E-state index >= 15 is 0 Å². The molecule has 9 aromatic rings. The van der Waals surface area contributed by atoms with Gasteiger partial charge in [0.25, 0.3) is 0 Å². The zero-order valence-electron chi connectivity index (χ0n) is 44.7. The highest BCUT2D eigenvalue weighted by atomic mass is 15.4. The van der Waals surface area contributed by atoms with Gasteiger partial charge in [0.2, 0.25) is 0 Å². The zero-order chi connectivity index (χ0) is 54.5. The zero-order valence-corrected chi connectivity index (χ0v) is 44.7. The number of hydrogen-bond acceptors (Lipinski definition) is 17. The molecule has 0 atom stereocenters. The highest BCUT2D eigenvalue weighted by molar-refractivity contribution is 5.67. The lowest BCUT2D eigenvalue weighted by Gasteiger charge is -2.15. The summed E-state index contributed by atoms with van der Waals surface area (Å²) in [6.07, 6.45) is 2.87. The topological polar surface area (TPSA) is 302 Å². The molecule has 76 heavy (non-hydrogen) atoms. The third kappa shape index (κ3) is 13.3. The van der Waals surface area contributed by atoms with Crippen molar-refractivity contribution < 1.29 is 0 Å². The summed E-state index contributed by atoms with van der Waals surface area (Å²) >= 11 is 0. The molecule has 21 nitrogen and oxygen atoms in total. The van der Waals surface area contributed by atoms with Crippen LogP contribution in [0.2, 0.25) is 0 Å². The highest BCUT2D eigenvalue weighted by Gasteiger charge is 2.30. The van der Waals surface area contributed by atoms with Crippen LogP contribution < -0.4 is 28.7 Å². The van der Waals surface area contributed by atoms with Crippen LogP contribution in [0.25, 0.3) is 23.3 Å². The van der Waals surface area contributed by atoms with Crippen molar-refractivity contribution in [2.75, 3.05) is 28.7 Å². The fourth-order valence-electron chi connectivity index (χ4n) is 7.09. The molecule has 9 rings (SSSR count). The molecular formula is C55H71N21. The average Bonchev–Trinajstić information content (AvgIpc) is 4.14. The maximum absolute atomic E-state index is 6.61. The Bertz CT molecular complexity index is 3210. The van der Waals surface area contributed by atoms with E-state index in [1.807, 2.05) is 145 Å². The van der Waals surface area contributed by atoms with E-state index in [2.05, 4.69) is 92.1 Å². The van der Waals surface area contributed by atoms with E-state index in [9.17, 15) is 0 Å². The van der Waals surface area contributed by atoms with Crippen molar-refractivity contribution in [2.24, 2.45) is 20.5 Å². The first-order valence-electron chi connectivity index (χ1n) is 24.2. The normalized spacial score (nSPS) is 12.0. The molecule has 0 saturated heterocycles. The summed E-state index contributed by atoms with van der Waals surface area (Å²) in [6, 6.07) is 35.6. The van der Waals surface area contributed by atoms with Crippen molar-refractivity contribution in [3.63, 3.8) is 0 Å². The van der Waals surface area contributed by atoms with E-state index in [0.717, 1.165) is 17.1 Å². The minimum atomic E-state index is -0.368. The first kappa shape index (κ1) is 56.2. The van der Waals surface area contributed by atoms with Crippen molar-refractivity contribution in [2.45, 2.75) is 112 Å².